The maximum absolute atomic E-state index is 4.54. The Morgan fingerprint density at radius 1 is 1.18 bits per heavy atom. The summed E-state index contributed by atoms with van der Waals surface area (Å²) in [5, 5.41) is 12.2. The smallest absolute Gasteiger partial charge is 0.119 e. The molecule has 1 aliphatic carbocycles. The SMILES string of the molecule is Cc1cc(C)n(CC2(Cn3cnnc3)CC2)n1. The van der Waals surface area contributed by atoms with Crippen molar-refractivity contribution in [3.63, 3.8) is 0 Å². The van der Waals surface area contributed by atoms with E-state index in [1.807, 2.05) is 6.92 Å². The third kappa shape index (κ3) is 2.09. The zero-order chi connectivity index (χ0) is 11.9. The molecule has 1 aliphatic rings. The van der Waals surface area contributed by atoms with Crippen molar-refractivity contribution in [2.24, 2.45) is 5.41 Å². The van der Waals surface area contributed by atoms with Crippen LogP contribution in [0.5, 0.6) is 0 Å². The minimum absolute atomic E-state index is 0.367. The second kappa shape index (κ2) is 3.68. The molecule has 0 saturated heterocycles. The van der Waals surface area contributed by atoms with Crippen molar-refractivity contribution in [1.82, 2.24) is 24.5 Å². The first-order valence-electron chi connectivity index (χ1n) is 6.00. The molecule has 1 saturated carbocycles. The van der Waals surface area contributed by atoms with Crippen LogP contribution in [-0.4, -0.2) is 24.5 Å². The van der Waals surface area contributed by atoms with Gasteiger partial charge in [-0.1, -0.05) is 0 Å². The molecular weight excluding hydrogens is 214 g/mol. The van der Waals surface area contributed by atoms with Crippen molar-refractivity contribution in [1.29, 1.82) is 0 Å². The molecule has 0 amide bonds. The van der Waals surface area contributed by atoms with Gasteiger partial charge in [-0.3, -0.25) is 4.68 Å². The highest BCUT2D eigenvalue weighted by Gasteiger charge is 2.43. The average Bonchev–Trinajstić information content (AvgIpc) is 2.69. The maximum Gasteiger partial charge on any atom is 0.119 e. The van der Waals surface area contributed by atoms with Crippen LogP contribution in [0.3, 0.4) is 0 Å². The fourth-order valence-corrected chi connectivity index (χ4v) is 2.39. The van der Waals surface area contributed by atoms with E-state index in [0.717, 1.165) is 18.8 Å². The number of rotatable bonds is 4. The van der Waals surface area contributed by atoms with Gasteiger partial charge >= 0.3 is 0 Å². The van der Waals surface area contributed by atoms with Gasteiger partial charge in [0.2, 0.25) is 0 Å². The van der Waals surface area contributed by atoms with E-state index in [1.165, 1.54) is 18.5 Å². The summed E-state index contributed by atoms with van der Waals surface area (Å²) in [6.45, 7) is 6.17. The van der Waals surface area contributed by atoms with E-state index in [4.69, 9.17) is 0 Å². The van der Waals surface area contributed by atoms with Gasteiger partial charge in [0, 0.05) is 24.2 Å². The summed E-state index contributed by atoms with van der Waals surface area (Å²) >= 11 is 0. The Balaban J connectivity index is 1.74. The summed E-state index contributed by atoms with van der Waals surface area (Å²) in [7, 11) is 0. The van der Waals surface area contributed by atoms with Crippen LogP contribution < -0.4 is 0 Å². The van der Waals surface area contributed by atoms with Crippen molar-refractivity contribution < 1.29 is 0 Å². The van der Waals surface area contributed by atoms with Gasteiger partial charge in [-0.2, -0.15) is 5.10 Å². The number of hydrogen-bond acceptors (Lipinski definition) is 3. The Kier molecular flexibility index (Phi) is 2.28. The Morgan fingerprint density at radius 3 is 2.41 bits per heavy atom. The Hall–Kier alpha value is -1.65. The summed E-state index contributed by atoms with van der Waals surface area (Å²) in [5.41, 5.74) is 2.71. The molecule has 3 rings (SSSR count). The summed E-state index contributed by atoms with van der Waals surface area (Å²) < 4.78 is 4.20. The van der Waals surface area contributed by atoms with Crippen LogP contribution in [0.25, 0.3) is 0 Å². The van der Waals surface area contributed by atoms with Gasteiger partial charge in [0.15, 0.2) is 0 Å². The third-order valence-electron chi connectivity index (χ3n) is 3.53. The second-order valence-electron chi connectivity index (χ2n) is 5.22. The summed E-state index contributed by atoms with van der Waals surface area (Å²) in [5.74, 6) is 0. The lowest BCUT2D eigenvalue weighted by Crippen LogP contribution is -2.19. The molecule has 0 aromatic carbocycles. The molecule has 2 aromatic rings. The topological polar surface area (TPSA) is 48.5 Å². The van der Waals surface area contributed by atoms with Gasteiger partial charge in [0.25, 0.3) is 0 Å². The van der Waals surface area contributed by atoms with Crippen LogP contribution in [0, 0.1) is 19.3 Å². The number of aromatic nitrogens is 5. The molecule has 5 heteroatoms. The van der Waals surface area contributed by atoms with Gasteiger partial charge in [0.05, 0.1) is 5.69 Å². The molecule has 2 aromatic heterocycles. The molecule has 0 spiro atoms. The van der Waals surface area contributed by atoms with Crippen molar-refractivity contribution in [2.45, 2.75) is 39.8 Å². The average molecular weight is 231 g/mol. The highest BCUT2D eigenvalue weighted by molar-refractivity contribution is 5.08. The van der Waals surface area contributed by atoms with Crippen LogP contribution in [0.4, 0.5) is 0 Å². The van der Waals surface area contributed by atoms with Crippen molar-refractivity contribution >= 4 is 0 Å². The van der Waals surface area contributed by atoms with Gasteiger partial charge in [-0.15, -0.1) is 10.2 Å². The fourth-order valence-electron chi connectivity index (χ4n) is 2.39. The summed E-state index contributed by atoms with van der Waals surface area (Å²) in [6.07, 6.45) is 6.12. The Morgan fingerprint density at radius 2 is 1.88 bits per heavy atom. The van der Waals surface area contributed by atoms with Crippen molar-refractivity contribution in [2.75, 3.05) is 0 Å². The molecule has 0 bridgehead atoms. The lowest BCUT2D eigenvalue weighted by molar-refractivity contribution is 0.340. The second-order valence-corrected chi connectivity index (χ2v) is 5.22. The predicted octanol–water partition coefficient (Wildman–Crippen LogP) is 1.57. The standard InChI is InChI=1S/C12H17N5/c1-10-5-11(2)17(15-10)7-12(3-4-12)6-16-8-13-14-9-16/h5,8-9H,3-4,6-7H2,1-2H3. The van der Waals surface area contributed by atoms with Crippen molar-refractivity contribution in [3.8, 4) is 0 Å². The Bertz CT molecular complexity index is 507. The highest BCUT2D eigenvalue weighted by atomic mass is 15.3. The van der Waals surface area contributed by atoms with Crippen LogP contribution >= 0.6 is 0 Å². The van der Waals surface area contributed by atoms with E-state index in [9.17, 15) is 0 Å². The summed E-state index contributed by atoms with van der Waals surface area (Å²) in [6, 6.07) is 2.13. The normalized spacial score (nSPS) is 17.3. The molecular formula is C12H17N5. The molecule has 0 atom stereocenters. The van der Waals surface area contributed by atoms with E-state index < -0.39 is 0 Å². The zero-order valence-electron chi connectivity index (χ0n) is 10.3. The van der Waals surface area contributed by atoms with Gasteiger partial charge in [0.1, 0.15) is 12.7 Å². The van der Waals surface area contributed by atoms with Crippen LogP contribution in [-0.2, 0) is 13.1 Å². The van der Waals surface area contributed by atoms with E-state index in [2.05, 4.69) is 37.5 Å². The maximum atomic E-state index is 4.54. The van der Waals surface area contributed by atoms with Gasteiger partial charge < -0.3 is 4.57 Å². The minimum Gasteiger partial charge on any atom is -0.320 e. The monoisotopic (exact) mass is 231 g/mol. The van der Waals surface area contributed by atoms with E-state index in [-0.39, 0.29) is 0 Å². The molecule has 5 nitrogen and oxygen atoms in total. The number of hydrogen-bond donors (Lipinski definition) is 0. The van der Waals surface area contributed by atoms with E-state index >= 15 is 0 Å². The lowest BCUT2D eigenvalue weighted by atomic mass is 10.1. The predicted molar refractivity (Wildman–Crippen MR) is 63.4 cm³/mol. The summed E-state index contributed by atoms with van der Waals surface area (Å²) in [4.78, 5) is 0. The first-order chi connectivity index (χ1) is 8.17. The zero-order valence-corrected chi connectivity index (χ0v) is 10.3. The first kappa shape index (κ1) is 10.5. The van der Waals surface area contributed by atoms with Gasteiger partial charge in [-0.05, 0) is 32.8 Å². The largest absolute Gasteiger partial charge is 0.320 e. The first-order valence-corrected chi connectivity index (χ1v) is 6.00. The van der Waals surface area contributed by atoms with E-state index in [0.29, 0.717) is 5.41 Å². The van der Waals surface area contributed by atoms with Crippen LogP contribution in [0.15, 0.2) is 18.7 Å². The molecule has 17 heavy (non-hydrogen) atoms. The minimum atomic E-state index is 0.367. The molecule has 0 radical (unpaired) electrons. The highest BCUT2D eigenvalue weighted by Crippen LogP contribution is 2.48. The van der Waals surface area contributed by atoms with E-state index in [1.54, 1.807) is 12.7 Å². The fraction of sp³-hybridized carbons (Fsp3) is 0.583. The van der Waals surface area contributed by atoms with Crippen LogP contribution in [0.1, 0.15) is 24.2 Å². The van der Waals surface area contributed by atoms with Crippen LogP contribution in [0.2, 0.25) is 0 Å². The quantitative estimate of drug-likeness (QED) is 0.802. The molecule has 0 unspecified atom stereocenters. The van der Waals surface area contributed by atoms with Gasteiger partial charge in [-0.25, -0.2) is 0 Å². The molecule has 1 fully saturated rings. The molecule has 0 N–H and O–H groups in total. The molecule has 90 valence electrons. The lowest BCUT2D eigenvalue weighted by Gasteiger charge is -2.16. The molecule has 2 heterocycles. The third-order valence-corrected chi connectivity index (χ3v) is 3.53. The number of nitrogens with zero attached hydrogens (tertiary/aromatic N) is 5. The molecule has 0 aliphatic heterocycles. The number of aryl methyl sites for hydroxylation is 2. The Labute approximate surface area is 100 Å². The van der Waals surface area contributed by atoms with Crippen molar-refractivity contribution in [3.05, 3.63) is 30.1 Å².